The number of fused-ring (bicyclic) bond motifs is 1. The third kappa shape index (κ3) is 3.05. The van der Waals surface area contributed by atoms with Gasteiger partial charge in [-0.25, -0.2) is 4.79 Å². The Balaban J connectivity index is 1.55. The standard InChI is InChI=1S/C21H28F2O5/c1-3-21(7-5-4-6-8-21)10-13(24)14-11-9-12-15(14)18(25)27-16(12)17(11)28-19(26)20(2,22)23/h11-12,14-17H,3-10H2,1-2H3. The van der Waals surface area contributed by atoms with Crippen LogP contribution in [0.15, 0.2) is 0 Å². The maximum atomic E-state index is 13.3. The Bertz CT molecular complexity index is 679. The van der Waals surface area contributed by atoms with Crippen molar-refractivity contribution < 1.29 is 32.6 Å². The van der Waals surface area contributed by atoms with E-state index in [4.69, 9.17) is 9.47 Å². The lowest BCUT2D eigenvalue weighted by Crippen LogP contribution is -2.46. The molecule has 4 fully saturated rings. The van der Waals surface area contributed by atoms with Crippen molar-refractivity contribution in [2.24, 2.45) is 29.1 Å². The molecule has 3 saturated carbocycles. The van der Waals surface area contributed by atoms with Crippen LogP contribution in [0.1, 0.15) is 65.2 Å². The summed E-state index contributed by atoms with van der Waals surface area (Å²) in [5, 5.41) is 0. The zero-order chi connectivity index (χ0) is 20.3. The molecular formula is C21H28F2O5. The first-order valence-corrected chi connectivity index (χ1v) is 10.5. The molecule has 4 aliphatic rings. The first-order chi connectivity index (χ1) is 13.2. The molecule has 1 saturated heterocycles. The summed E-state index contributed by atoms with van der Waals surface area (Å²) < 4.78 is 37.1. The number of Topliss-reactive ketones (excluding diaryl/α,β-unsaturated/α-hetero) is 1. The van der Waals surface area contributed by atoms with Gasteiger partial charge in [0.05, 0.1) is 5.92 Å². The molecule has 2 bridgehead atoms. The van der Waals surface area contributed by atoms with Crippen molar-refractivity contribution in [3.05, 3.63) is 0 Å². The Morgan fingerprint density at radius 1 is 1.21 bits per heavy atom. The van der Waals surface area contributed by atoms with Gasteiger partial charge in [-0.15, -0.1) is 0 Å². The molecule has 7 heteroatoms. The largest absolute Gasteiger partial charge is 0.458 e. The molecule has 6 atom stereocenters. The van der Waals surface area contributed by atoms with E-state index < -0.39 is 47.8 Å². The van der Waals surface area contributed by atoms with Gasteiger partial charge < -0.3 is 9.47 Å². The highest BCUT2D eigenvalue weighted by molar-refractivity contribution is 5.90. The van der Waals surface area contributed by atoms with Gasteiger partial charge in [0.25, 0.3) is 0 Å². The summed E-state index contributed by atoms with van der Waals surface area (Å²) in [4.78, 5) is 37.5. The van der Waals surface area contributed by atoms with Crippen molar-refractivity contribution in [2.75, 3.05) is 0 Å². The molecule has 0 aromatic heterocycles. The summed E-state index contributed by atoms with van der Waals surface area (Å²) >= 11 is 0. The zero-order valence-electron chi connectivity index (χ0n) is 16.4. The van der Waals surface area contributed by atoms with Crippen LogP contribution >= 0.6 is 0 Å². The highest BCUT2D eigenvalue weighted by Crippen LogP contribution is 2.60. The fourth-order valence-electron chi connectivity index (χ4n) is 6.26. The second kappa shape index (κ2) is 6.77. The minimum atomic E-state index is -3.61. The van der Waals surface area contributed by atoms with E-state index in [1.807, 2.05) is 0 Å². The van der Waals surface area contributed by atoms with Crippen molar-refractivity contribution in [2.45, 2.75) is 83.3 Å². The quantitative estimate of drug-likeness (QED) is 0.639. The molecule has 5 nitrogen and oxygen atoms in total. The molecule has 1 heterocycles. The van der Waals surface area contributed by atoms with Crippen LogP contribution < -0.4 is 0 Å². The molecule has 0 aromatic rings. The van der Waals surface area contributed by atoms with E-state index in [9.17, 15) is 23.2 Å². The molecule has 4 rings (SSSR count). The molecule has 0 amide bonds. The van der Waals surface area contributed by atoms with E-state index in [1.165, 1.54) is 6.42 Å². The van der Waals surface area contributed by atoms with Crippen molar-refractivity contribution in [1.29, 1.82) is 0 Å². The fraction of sp³-hybridized carbons (Fsp3) is 0.857. The summed E-state index contributed by atoms with van der Waals surface area (Å²) in [5.41, 5.74) is -0.0261. The number of esters is 2. The van der Waals surface area contributed by atoms with Gasteiger partial charge in [-0.2, -0.15) is 8.78 Å². The Hall–Kier alpha value is -1.53. The Kier molecular flexibility index (Phi) is 4.78. The minimum absolute atomic E-state index is 0.0165. The molecule has 6 unspecified atom stereocenters. The average molecular weight is 398 g/mol. The molecule has 3 aliphatic carbocycles. The zero-order valence-corrected chi connectivity index (χ0v) is 16.4. The number of rotatable bonds is 6. The second-order valence-electron chi connectivity index (χ2n) is 9.33. The van der Waals surface area contributed by atoms with E-state index >= 15 is 0 Å². The van der Waals surface area contributed by atoms with Crippen LogP contribution in [-0.4, -0.2) is 35.9 Å². The van der Waals surface area contributed by atoms with E-state index in [0.29, 0.717) is 19.8 Å². The topological polar surface area (TPSA) is 69.7 Å². The smallest absolute Gasteiger partial charge is 0.377 e. The predicted molar refractivity (Wildman–Crippen MR) is 94.4 cm³/mol. The van der Waals surface area contributed by atoms with E-state index in [-0.39, 0.29) is 17.1 Å². The van der Waals surface area contributed by atoms with Crippen LogP contribution in [0, 0.1) is 29.1 Å². The second-order valence-corrected chi connectivity index (χ2v) is 9.33. The predicted octanol–water partition coefficient (Wildman–Crippen LogP) is 3.68. The van der Waals surface area contributed by atoms with Crippen molar-refractivity contribution >= 4 is 17.7 Å². The van der Waals surface area contributed by atoms with Crippen LogP contribution in [0.2, 0.25) is 0 Å². The number of hydrogen-bond donors (Lipinski definition) is 0. The summed E-state index contributed by atoms with van der Waals surface area (Å²) in [5.74, 6) is -7.34. The molecule has 0 N–H and O–H groups in total. The number of hydrogen-bond acceptors (Lipinski definition) is 5. The molecule has 1 aliphatic heterocycles. The normalized spacial score (nSPS) is 38.4. The maximum absolute atomic E-state index is 13.3. The van der Waals surface area contributed by atoms with E-state index in [0.717, 1.165) is 32.1 Å². The van der Waals surface area contributed by atoms with Gasteiger partial charge in [0.2, 0.25) is 0 Å². The van der Waals surface area contributed by atoms with Crippen molar-refractivity contribution in [3.8, 4) is 0 Å². The summed E-state index contributed by atoms with van der Waals surface area (Å²) in [6.45, 7) is 2.59. The third-order valence-electron chi connectivity index (χ3n) is 7.73. The van der Waals surface area contributed by atoms with Gasteiger partial charge >= 0.3 is 17.9 Å². The number of halogens is 2. The lowest BCUT2D eigenvalue weighted by Gasteiger charge is -2.38. The van der Waals surface area contributed by atoms with Crippen LogP contribution in [0.25, 0.3) is 0 Å². The van der Waals surface area contributed by atoms with Crippen molar-refractivity contribution in [1.82, 2.24) is 0 Å². The Morgan fingerprint density at radius 2 is 1.89 bits per heavy atom. The van der Waals surface area contributed by atoms with E-state index in [2.05, 4.69) is 6.92 Å². The third-order valence-corrected chi connectivity index (χ3v) is 7.73. The number of carbonyl (C=O) groups is 3. The van der Waals surface area contributed by atoms with E-state index in [1.54, 1.807) is 0 Å². The summed E-state index contributed by atoms with van der Waals surface area (Å²) in [7, 11) is 0. The van der Waals surface area contributed by atoms with Crippen molar-refractivity contribution in [3.63, 3.8) is 0 Å². The average Bonchev–Trinajstić information content (AvgIpc) is 3.25. The lowest BCUT2D eigenvalue weighted by atomic mass is 9.66. The minimum Gasteiger partial charge on any atom is -0.458 e. The van der Waals surface area contributed by atoms with Gasteiger partial charge in [-0.3, -0.25) is 9.59 Å². The Labute approximate surface area is 163 Å². The van der Waals surface area contributed by atoms with Gasteiger partial charge in [-0.05, 0) is 24.7 Å². The van der Waals surface area contributed by atoms with Gasteiger partial charge in [0.1, 0.15) is 18.0 Å². The van der Waals surface area contributed by atoms with Gasteiger partial charge in [-0.1, -0.05) is 32.6 Å². The first-order valence-electron chi connectivity index (χ1n) is 10.5. The van der Waals surface area contributed by atoms with Crippen LogP contribution in [-0.2, 0) is 23.9 Å². The molecule has 0 spiro atoms. The summed E-state index contributed by atoms with van der Waals surface area (Å²) in [6, 6.07) is 0. The molecule has 28 heavy (non-hydrogen) atoms. The molecule has 0 radical (unpaired) electrons. The van der Waals surface area contributed by atoms with Crippen LogP contribution in [0.4, 0.5) is 8.78 Å². The SMILES string of the molecule is CCC1(CC(=O)C2C3CC4C(OC(=O)C42)C3OC(=O)C(C)(F)F)CCCCC1. The first kappa shape index (κ1) is 19.8. The molecule has 0 aromatic carbocycles. The molecule has 156 valence electrons. The van der Waals surface area contributed by atoms with Gasteiger partial charge in [0, 0.05) is 31.1 Å². The highest BCUT2D eigenvalue weighted by atomic mass is 19.3. The maximum Gasteiger partial charge on any atom is 0.377 e. The summed E-state index contributed by atoms with van der Waals surface area (Å²) in [6.07, 6.45) is 5.63. The van der Waals surface area contributed by atoms with Crippen LogP contribution in [0.5, 0.6) is 0 Å². The number of carbonyl (C=O) groups excluding carboxylic acids is 3. The molecular weight excluding hydrogens is 370 g/mol. The highest BCUT2D eigenvalue weighted by Gasteiger charge is 2.70. The Morgan fingerprint density at radius 3 is 2.50 bits per heavy atom. The number of ether oxygens (including phenoxy) is 2. The monoisotopic (exact) mass is 398 g/mol. The number of alkyl halides is 2. The van der Waals surface area contributed by atoms with Gasteiger partial charge in [0.15, 0.2) is 0 Å². The lowest BCUT2D eigenvalue weighted by molar-refractivity contribution is -0.185. The van der Waals surface area contributed by atoms with Crippen LogP contribution in [0.3, 0.4) is 0 Å². The fourth-order valence-corrected chi connectivity index (χ4v) is 6.26. The number of ketones is 1.